The van der Waals surface area contributed by atoms with Gasteiger partial charge in [-0.3, -0.25) is 4.79 Å². The van der Waals surface area contributed by atoms with Crippen LogP contribution in [0.5, 0.6) is 0 Å². The van der Waals surface area contributed by atoms with E-state index in [4.69, 9.17) is 5.73 Å². The van der Waals surface area contributed by atoms with Crippen LogP contribution in [0, 0.1) is 0 Å². The Labute approximate surface area is 171 Å². The SMILES string of the molecule is NC(=O)C1=NC2=NS(=O)(=O)c3ccccc3N2N1Cc1ccn(-c2ccccc2)n1. The summed E-state index contributed by atoms with van der Waals surface area (Å²) in [5, 5.41) is 7.49. The molecule has 3 aromatic rings. The molecule has 150 valence electrons. The van der Waals surface area contributed by atoms with Gasteiger partial charge in [0.2, 0.25) is 5.84 Å². The number of hydrogen-bond acceptors (Lipinski definition) is 7. The van der Waals surface area contributed by atoms with Gasteiger partial charge in [0, 0.05) is 6.20 Å². The third kappa shape index (κ3) is 2.83. The van der Waals surface area contributed by atoms with Gasteiger partial charge in [0.05, 0.1) is 23.6 Å². The highest BCUT2D eigenvalue weighted by Crippen LogP contribution is 2.35. The molecule has 0 radical (unpaired) electrons. The molecule has 2 N–H and O–H groups in total. The maximum Gasteiger partial charge on any atom is 0.287 e. The second-order valence-corrected chi connectivity index (χ2v) is 8.16. The summed E-state index contributed by atoms with van der Waals surface area (Å²) in [6.07, 6.45) is 1.80. The van der Waals surface area contributed by atoms with Gasteiger partial charge >= 0.3 is 0 Å². The van der Waals surface area contributed by atoms with Crippen molar-refractivity contribution in [3.8, 4) is 5.69 Å². The highest BCUT2D eigenvalue weighted by Gasteiger charge is 2.41. The first-order chi connectivity index (χ1) is 14.4. The lowest BCUT2D eigenvalue weighted by Crippen LogP contribution is -2.48. The zero-order valence-electron chi connectivity index (χ0n) is 15.5. The molecule has 0 saturated carbocycles. The summed E-state index contributed by atoms with van der Waals surface area (Å²) in [7, 11) is -3.93. The Balaban J connectivity index is 1.56. The number of nitrogens with zero attached hydrogens (tertiary/aromatic N) is 6. The Morgan fingerprint density at radius 1 is 1.00 bits per heavy atom. The number of amides is 1. The predicted molar refractivity (Wildman–Crippen MR) is 109 cm³/mol. The molecule has 1 aromatic heterocycles. The normalized spacial score (nSPS) is 16.5. The van der Waals surface area contributed by atoms with Crippen LogP contribution in [-0.2, 0) is 21.4 Å². The lowest BCUT2D eigenvalue weighted by Gasteiger charge is -2.32. The number of nitrogens with two attached hydrogens (primary N) is 1. The van der Waals surface area contributed by atoms with Crippen molar-refractivity contribution in [3.05, 3.63) is 72.6 Å². The standard InChI is InChI=1S/C19H15N7O3S/c20-17(27)18-21-19-23-30(28,29)16-9-5-4-8-15(16)26(19)25(18)12-13-10-11-24(22-13)14-6-2-1-3-7-14/h1-11H,12H2,(H2,20,27). The first kappa shape index (κ1) is 18.1. The van der Waals surface area contributed by atoms with E-state index in [2.05, 4.69) is 14.5 Å². The number of rotatable bonds is 4. The third-order valence-corrected chi connectivity index (χ3v) is 5.96. The van der Waals surface area contributed by atoms with E-state index in [9.17, 15) is 13.2 Å². The Morgan fingerprint density at radius 3 is 2.50 bits per heavy atom. The number of primary amides is 1. The first-order valence-corrected chi connectivity index (χ1v) is 10.4. The van der Waals surface area contributed by atoms with Gasteiger partial charge in [0.1, 0.15) is 4.90 Å². The molecule has 0 unspecified atom stereocenters. The highest BCUT2D eigenvalue weighted by atomic mass is 32.2. The second kappa shape index (κ2) is 6.52. The van der Waals surface area contributed by atoms with Crippen molar-refractivity contribution in [3.63, 3.8) is 0 Å². The number of aromatic nitrogens is 2. The largest absolute Gasteiger partial charge is 0.363 e. The van der Waals surface area contributed by atoms with Crippen LogP contribution in [0.4, 0.5) is 5.69 Å². The molecule has 0 bridgehead atoms. The minimum atomic E-state index is -3.93. The first-order valence-electron chi connectivity index (χ1n) is 8.94. The molecule has 30 heavy (non-hydrogen) atoms. The molecule has 2 aliphatic heterocycles. The number of amidine groups is 1. The monoisotopic (exact) mass is 421 g/mol. The van der Waals surface area contributed by atoms with Crippen LogP contribution in [0.2, 0.25) is 0 Å². The zero-order chi connectivity index (χ0) is 20.9. The maximum absolute atomic E-state index is 12.5. The number of carbonyl (C=O) groups excluding carboxylic acids is 1. The summed E-state index contributed by atoms with van der Waals surface area (Å²) in [4.78, 5) is 16.1. The minimum absolute atomic E-state index is 0.0227. The van der Waals surface area contributed by atoms with E-state index in [0.717, 1.165) is 5.69 Å². The van der Waals surface area contributed by atoms with Crippen LogP contribution < -0.4 is 10.7 Å². The fourth-order valence-electron chi connectivity index (χ4n) is 3.36. The summed E-state index contributed by atoms with van der Waals surface area (Å²) in [6, 6.07) is 17.7. The van der Waals surface area contributed by atoms with E-state index < -0.39 is 15.9 Å². The summed E-state index contributed by atoms with van der Waals surface area (Å²) < 4.78 is 30.4. The number of carbonyl (C=O) groups is 1. The number of hydrogen-bond donors (Lipinski definition) is 1. The molecule has 0 aliphatic carbocycles. The molecule has 0 fully saturated rings. The molecule has 5 rings (SSSR count). The van der Waals surface area contributed by atoms with Gasteiger partial charge in [0.25, 0.3) is 21.9 Å². The van der Waals surface area contributed by atoms with Crippen LogP contribution in [0.25, 0.3) is 5.69 Å². The Bertz CT molecular complexity index is 1330. The number of aliphatic imine (C=N–C) groups is 1. The van der Waals surface area contributed by atoms with Crippen LogP contribution >= 0.6 is 0 Å². The van der Waals surface area contributed by atoms with Crippen LogP contribution in [0.15, 0.2) is 81.1 Å². The Morgan fingerprint density at radius 2 is 1.73 bits per heavy atom. The van der Waals surface area contributed by atoms with E-state index in [0.29, 0.717) is 11.4 Å². The number of hydrazine groups is 1. The summed E-state index contributed by atoms with van der Waals surface area (Å²) in [5.41, 5.74) is 7.35. The number of sulfonamides is 1. The van der Waals surface area contributed by atoms with Gasteiger partial charge in [-0.25, -0.2) is 14.7 Å². The van der Waals surface area contributed by atoms with Crippen molar-refractivity contribution in [1.29, 1.82) is 0 Å². The highest BCUT2D eigenvalue weighted by molar-refractivity contribution is 7.90. The van der Waals surface area contributed by atoms with Gasteiger partial charge in [-0.2, -0.15) is 18.5 Å². The summed E-state index contributed by atoms with van der Waals surface area (Å²) in [5.74, 6) is -1.05. The number of guanidine groups is 1. The van der Waals surface area contributed by atoms with Gasteiger partial charge in [0.15, 0.2) is 0 Å². The molecule has 0 spiro atoms. The minimum Gasteiger partial charge on any atom is -0.363 e. The van der Waals surface area contributed by atoms with Crippen molar-refractivity contribution in [2.75, 3.05) is 5.01 Å². The van der Waals surface area contributed by atoms with Crippen molar-refractivity contribution in [1.82, 2.24) is 14.8 Å². The van der Waals surface area contributed by atoms with Crippen LogP contribution in [0.1, 0.15) is 5.69 Å². The average molecular weight is 421 g/mol. The molecule has 11 heteroatoms. The smallest absolute Gasteiger partial charge is 0.287 e. The molecule has 3 heterocycles. The lowest BCUT2D eigenvalue weighted by atomic mass is 10.3. The van der Waals surface area contributed by atoms with Gasteiger partial charge in [-0.15, -0.1) is 4.40 Å². The average Bonchev–Trinajstić information content (AvgIpc) is 3.34. The van der Waals surface area contributed by atoms with Gasteiger partial charge in [-0.1, -0.05) is 30.3 Å². The zero-order valence-corrected chi connectivity index (χ0v) is 16.3. The van der Waals surface area contributed by atoms with Crippen LogP contribution in [0.3, 0.4) is 0 Å². The maximum atomic E-state index is 12.5. The van der Waals surface area contributed by atoms with Crippen LogP contribution in [-0.4, -0.2) is 40.9 Å². The van der Waals surface area contributed by atoms with Crippen molar-refractivity contribution >= 4 is 33.4 Å². The summed E-state index contributed by atoms with van der Waals surface area (Å²) >= 11 is 0. The molecule has 10 nitrogen and oxygen atoms in total. The third-order valence-electron chi connectivity index (χ3n) is 4.65. The number of para-hydroxylation sites is 2. The quantitative estimate of drug-likeness (QED) is 0.671. The van der Waals surface area contributed by atoms with E-state index in [1.165, 1.54) is 16.1 Å². The molecule has 0 atom stereocenters. The van der Waals surface area contributed by atoms with Gasteiger partial charge < -0.3 is 5.73 Å². The molecular formula is C19H15N7O3S. The number of fused-ring (bicyclic) bond motifs is 3. The molecule has 1 amide bonds. The van der Waals surface area contributed by atoms with Crippen molar-refractivity contribution < 1.29 is 13.2 Å². The predicted octanol–water partition coefficient (Wildman–Crippen LogP) is 1.05. The number of anilines is 1. The topological polar surface area (TPSA) is 126 Å². The van der Waals surface area contributed by atoms with E-state index >= 15 is 0 Å². The van der Waals surface area contributed by atoms with E-state index in [1.54, 1.807) is 35.1 Å². The molecule has 0 saturated heterocycles. The second-order valence-electron chi connectivity index (χ2n) is 6.59. The van der Waals surface area contributed by atoms with Gasteiger partial charge in [-0.05, 0) is 30.3 Å². The van der Waals surface area contributed by atoms with E-state index in [-0.39, 0.29) is 23.2 Å². The number of benzene rings is 2. The lowest BCUT2D eigenvalue weighted by molar-refractivity contribution is -0.112. The van der Waals surface area contributed by atoms with Crippen molar-refractivity contribution in [2.45, 2.75) is 11.4 Å². The Hall–Kier alpha value is -3.99. The van der Waals surface area contributed by atoms with E-state index in [1.807, 2.05) is 30.3 Å². The van der Waals surface area contributed by atoms with Crippen molar-refractivity contribution in [2.24, 2.45) is 15.1 Å². The Kier molecular flexibility index (Phi) is 3.93. The fourth-order valence-corrected chi connectivity index (χ4v) is 4.46. The summed E-state index contributed by atoms with van der Waals surface area (Å²) in [6.45, 7) is 0.134. The molecular weight excluding hydrogens is 406 g/mol. The molecule has 2 aromatic carbocycles. The fraction of sp³-hybridized carbons (Fsp3) is 0.0526. The molecule has 2 aliphatic rings.